The number of piperidine rings is 1. The van der Waals surface area contributed by atoms with E-state index in [1.54, 1.807) is 0 Å². The number of aromatic nitrogens is 2. The smallest absolute Gasteiger partial charge is 0.410 e. The van der Waals surface area contributed by atoms with E-state index in [9.17, 15) is 4.79 Å². The molecule has 0 N–H and O–H groups in total. The number of benzene rings is 1. The van der Waals surface area contributed by atoms with Gasteiger partial charge in [0.25, 0.3) is 0 Å². The molecule has 9 nitrogen and oxygen atoms in total. The van der Waals surface area contributed by atoms with Gasteiger partial charge in [-0.15, -0.1) is 0 Å². The molecule has 11 heteroatoms. The van der Waals surface area contributed by atoms with Gasteiger partial charge in [-0.25, -0.2) is 4.79 Å². The first-order valence-electron chi connectivity index (χ1n) is 13.5. The predicted octanol–water partition coefficient (Wildman–Crippen LogP) is 5.26. The van der Waals surface area contributed by atoms with Crippen LogP contribution < -0.4 is 14.4 Å². The highest BCUT2D eigenvalue weighted by molar-refractivity contribution is 9.10. The number of carbonyl (C=O) groups excluding carboxylic acids is 1. The fourth-order valence-corrected chi connectivity index (χ4v) is 6.26. The minimum atomic E-state index is -0.523. The lowest BCUT2D eigenvalue weighted by molar-refractivity contribution is -0.0380. The van der Waals surface area contributed by atoms with E-state index in [1.807, 2.05) is 31.7 Å². The minimum Gasteiger partial charge on any atom is -0.487 e. The van der Waals surface area contributed by atoms with Crippen LogP contribution >= 0.6 is 27.5 Å². The Labute approximate surface area is 236 Å². The van der Waals surface area contributed by atoms with Gasteiger partial charge in [-0.1, -0.05) is 11.6 Å². The number of halogens is 2. The number of likely N-dealkylation sites (tertiary alicyclic amines) is 1. The zero-order chi connectivity index (χ0) is 26.8. The molecule has 0 spiro atoms. The normalized spacial score (nSPS) is 25.5. The summed E-state index contributed by atoms with van der Waals surface area (Å²) in [7, 11) is 2.13. The highest BCUT2D eigenvalue weighted by Crippen LogP contribution is 2.45. The third kappa shape index (κ3) is 5.11. The van der Waals surface area contributed by atoms with Crippen LogP contribution in [0.15, 0.2) is 10.5 Å². The lowest BCUT2D eigenvalue weighted by Gasteiger charge is -2.56. The first-order valence-corrected chi connectivity index (χ1v) is 14.7. The van der Waals surface area contributed by atoms with Crippen LogP contribution in [0.2, 0.25) is 5.02 Å². The maximum absolute atomic E-state index is 12.8. The number of carbonyl (C=O) groups is 1. The molecule has 206 valence electrons. The lowest BCUT2D eigenvalue weighted by atomic mass is 9.88. The van der Waals surface area contributed by atoms with Crippen LogP contribution in [-0.4, -0.2) is 89.0 Å². The van der Waals surface area contributed by atoms with Crippen LogP contribution in [0.1, 0.15) is 52.9 Å². The summed E-state index contributed by atoms with van der Waals surface area (Å²) in [5, 5.41) is 1.38. The van der Waals surface area contributed by atoms with Crippen molar-refractivity contribution in [2.45, 2.75) is 82.7 Å². The van der Waals surface area contributed by atoms with Crippen molar-refractivity contribution in [1.29, 1.82) is 0 Å². The summed E-state index contributed by atoms with van der Waals surface area (Å²) in [6, 6.07) is 2.72. The van der Waals surface area contributed by atoms with Gasteiger partial charge in [-0.2, -0.15) is 9.97 Å². The number of anilines is 1. The predicted molar refractivity (Wildman–Crippen MR) is 150 cm³/mol. The Kier molecular flexibility index (Phi) is 6.79. The maximum Gasteiger partial charge on any atom is 0.410 e. The van der Waals surface area contributed by atoms with E-state index in [0.717, 1.165) is 43.4 Å². The number of ether oxygens (including phenoxy) is 3. The van der Waals surface area contributed by atoms with Gasteiger partial charge in [-0.3, -0.25) is 4.90 Å². The molecule has 2 bridgehead atoms. The van der Waals surface area contributed by atoms with Gasteiger partial charge >= 0.3 is 12.1 Å². The van der Waals surface area contributed by atoms with Gasteiger partial charge in [0.2, 0.25) is 0 Å². The zero-order valence-corrected chi connectivity index (χ0v) is 24.7. The highest BCUT2D eigenvalue weighted by Gasteiger charge is 2.49. The Bertz CT molecular complexity index is 1240. The SMILES string of the molecule is CN1CCC[C@H]1COc1nc(N2CC3CC(C2)N3C(=O)OC(C)(C)C)c2cc(Cl)c(Br)c(OC3CC3)c2n1. The van der Waals surface area contributed by atoms with Gasteiger partial charge in [0.15, 0.2) is 5.75 Å². The maximum atomic E-state index is 12.8. The summed E-state index contributed by atoms with van der Waals surface area (Å²) in [6.45, 7) is 8.61. The number of nitrogens with zero attached hydrogens (tertiary/aromatic N) is 5. The molecule has 1 amide bonds. The van der Waals surface area contributed by atoms with E-state index in [4.69, 9.17) is 35.8 Å². The molecule has 5 aliphatic rings. The fraction of sp³-hybridized carbons (Fsp3) is 0.667. The molecule has 5 fully saturated rings. The average molecular weight is 609 g/mol. The van der Waals surface area contributed by atoms with Gasteiger partial charge in [-0.05, 0) is 88.5 Å². The van der Waals surface area contributed by atoms with E-state index >= 15 is 0 Å². The van der Waals surface area contributed by atoms with Crippen LogP contribution in [0.3, 0.4) is 0 Å². The largest absolute Gasteiger partial charge is 0.487 e. The second kappa shape index (κ2) is 9.86. The van der Waals surface area contributed by atoms with Crippen LogP contribution in [-0.2, 0) is 4.74 Å². The molecular weight excluding hydrogens is 574 g/mol. The molecule has 4 aliphatic heterocycles. The van der Waals surface area contributed by atoms with Crippen molar-refractivity contribution in [2.24, 2.45) is 0 Å². The molecule has 1 aliphatic carbocycles. The van der Waals surface area contributed by atoms with E-state index in [1.165, 1.54) is 6.42 Å². The quantitative estimate of drug-likeness (QED) is 0.440. The molecule has 5 heterocycles. The summed E-state index contributed by atoms with van der Waals surface area (Å²) >= 11 is 10.3. The molecule has 7 rings (SSSR count). The van der Waals surface area contributed by atoms with Gasteiger partial charge in [0.05, 0.1) is 27.7 Å². The van der Waals surface area contributed by atoms with Gasteiger partial charge < -0.3 is 24.0 Å². The first kappa shape index (κ1) is 26.2. The molecule has 2 aromatic rings. The van der Waals surface area contributed by atoms with Crippen molar-refractivity contribution in [3.63, 3.8) is 0 Å². The molecule has 4 saturated heterocycles. The van der Waals surface area contributed by atoms with Crippen molar-refractivity contribution < 1.29 is 19.0 Å². The fourth-order valence-electron chi connectivity index (χ4n) is 5.67. The summed E-state index contributed by atoms with van der Waals surface area (Å²) in [4.78, 5) is 29.0. The number of amides is 1. The van der Waals surface area contributed by atoms with Crippen molar-refractivity contribution in [3.8, 4) is 11.8 Å². The Hall–Kier alpha value is -2.04. The standard InChI is InChI=1S/C27H35BrClN5O4/c1-27(2,3)38-26(35)34-16-10-17(34)13-33(12-16)24-19-11-20(29)21(28)23(37-18-7-8-18)22(19)30-25(31-24)36-14-15-6-5-9-32(15)4/h11,15-18H,5-10,12-14H2,1-4H3/t15-,16?,17?/m0/s1. The monoisotopic (exact) mass is 607 g/mol. The Balaban J connectivity index is 1.33. The molecule has 0 radical (unpaired) electrons. The summed E-state index contributed by atoms with van der Waals surface area (Å²) in [5.41, 5.74) is 0.168. The third-order valence-electron chi connectivity index (χ3n) is 7.78. The number of rotatable bonds is 6. The van der Waals surface area contributed by atoms with E-state index < -0.39 is 5.60 Å². The van der Waals surface area contributed by atoms with Crippen LogP contribution in [0.5, 0.6) is 11.8 Å². The summed E-state index contributed by atoms with van der Waals surface area (Å²) < 4.78 is 18.9. The molecule has 1 saturated carbocycles. The summed E-state index contributed by atoms with van der Waals surface area (Å²) in [6.07, 6.45) is 5.19. The van der Waals surface area contributed by atoms with Crippen molar-refractivity contribution in [1.82, 2.24) is 19.8 Å². The number of likely N-dealkylation sites (N-methyl/N-ethyl adjacent to an activating group) is 1. The number of hydrogen-bond donors (Lipinski definition) is 0. The highest BCUT2D eigenvalue weighted by atomic mass is 79.9. The van der Waals surface area contributed by atoms with Gasteiger partial charge in [0.1, 0.15) is 23.5 Å². The second-order valence-electron chi connectivity index (χ2n) is 12.0. The lowest BCUT2D eigenvalue weighted by Crippen LogP contribution is -2.70. The minimum absolute atomic E-state index is 0.0678. The number of fused-ring (bicyclic) bond motifs is 3. The molecule has 38 heavy (non-hydrogen) atoms. The van der Waals surface area contributed by atoms with E-state index in [2.05, 4.69) is 32.8 Å². The molecule has 3 atom stereocenters. The second-order valence-corrected chi connectivity index (χ2v) is 13.2. The zero-order valence-electron chi connectivity index (χ0n) is 22.4. The first-order chi connectivity index (χ1) is 18.1. The molecule has 2 unspecified atom stereocenters. The van der Waals surface area contributed by atoms with Crippen molar-refractivity contribution in [2.75, 3.05) is 38.2 Å². The topological polar surface area (TPSA) is 80.3 Å². The van der Waals surface area contributed by atoms with Crippen molar-refractivity contribution in [3.05, 3.63) is 15.6 Å². The Morgan fingerprint density at radius 3 is 2.55 bits per heavy atom. The Morgan fingerprint density at radius 2 is 1.92 bits per heavy atom. The number of hydrogen-bond acceptors (Lipinski definition) is 8. The van der Waals surface area contributed by atoms with E-state index in [0.29, 0.717) is 52.5 Å². The summed E-state index contributed by atoms with van der Waals surface area (Å²) in [5.74, 6) is 1.40. The van der Waals surface area contributed by atoms with Crippen LogP contribution in [0.4, 0.5) is 10.6 Å². The van der Waals surface area contributed by atoms with Crippen molar-refractivity contribution >= 4 is 50.3 Å². The van der Waals surface area contributed by atoms with Crippen LogP contribution in [0, 0.1) is 0 Å². The molecule has 1 aromatic carbocycles. The van der Waals surface area contributed by atoms with Gasteiger partial charge in [0, 0.05) is 24.5 Å². The number of piperazine rings is 1. The van der Waals surface area contributed by atoms with E-state index in [-0.39, 0.29) is 24.3 Å². The van der Waals surface area contributed by atoms with Crippen LogP contribution in [0.25, 0.3) is 10.9 Å². The molecular formula is C27H35BrClN5O4. The molecule has 1 aromatic heterocycles. The average Bonchev–Trinajstić information content (AvgIpc) is 3.57. The third-order valence-corrected chi connectivity index (χ3v) is 9.10. The Morgan fingerprint density at radius 1 is 1.18 bits per heavy atom.